The molecule has 3 unspecified atom stereocenters. The van der Waals surface area contributed by atoms with Gasteiger partial charge in [-0.2, -0.15) is 0 Å². The Morgan fingerprint density at radius 1 is 1.45 bits per heavy atom. The highest BCUT2D eigenvalue weighted by Gasteiger charge is 2.43. The van der Waals surface area contributed by atoms with Gasteiger partial charge in [0.05, 0.1) is 11.0 Å². The van der Waals surface area contributed by atoms with Crippen molar-refractivity contribution in [3.63, 3.8) is 0 Å². The van der Waals surface area contributed by atoms with Crippen LogP contribution in [0.1, 0.15) is 46.3 Å². The summed E-state index contributed by atoms with van der Waals surface area (Å²) in [5.41, 5.74) is 1.32. The van der Waals surface area contributed by atoms with Crippen molar-refractivity contribution in [2.45, 2.75) is 45.6 Å². The van der Waals surface area contributed by atoms with Crippen molar-refractivity contribution in [2.24, 2.45) is 11.8 Å². The number of likely N-dealkylation sites (tertiary alicyclic amines) is 1. The minimum atomic E-state index is -0.196. The predicted molar refractivity (Wildman–Crippen MR) is 81.2 cm³/mol. The first-order valence-electron chi connectivity index (χ1n) is 7.66. The van der Waals surface area contributed by atoms with Crippen LogP contribution in [0.4, 0.5) is 0 Å². The van der Waals surface area contributed by atoms with Crippen molar-refractivity contribution in [3.8, 4) is 0 Å². The highest BCUT2D eigenvalue weighted by molar-refractivity contribution is 7.14. The van der Waals surface area contributed by atoms with Crippen molar-refractivity contribution in [1.29, 1.82) is 0 Å². The number of carbonyl (C=O) groups is 1. The van der Waals surface area contributed by atoms with Crippen LogP contribution < -0.4 is 0 Å². The number of rotatable bonds is 3. The quantitative estimate of drug-likeness (QED) is 0.931. The molecule has 1 saturated carbocycles. The summed E-state index contributed by atoms with van der Waals surface area (Å²) in [6.07, 6.45) is 3.96. The molecule has 0 radical (unpaired) electrons. The number of hydrogen-bond acceptors (Lipinski definition) is 3. The maximum Gasteiger partial charge on any atom is 0.263 e. The Morgan fingerprint density at radius 2 is 2.25 bits per heavy atom. The van der Waals surface area contributed by atoms with Crippen LogP contribution in [0, 0.1) is 18.8 Å². The highest BCUT2D eigenvalue weighted by atomic mass is 32.1. The van der Waals surface area contributed by atoms with Gasteiger partial charge in [0.2, 0.25) is 0 Å². The summed E-state index contributed by atoms with van der Waals surface area (Å²) < 4.78 is 0. The third-order valence-corrected chi connectivity index (χ3v) is 5.94. The molecule has 3 rings (SSSR count). The Labute approximate surface area is 124 Å². The molecule has 2 aliphatic rings. The SMILES string of the molecule is CCCc1cc(C(=O)N2CC3CCC(O)C3C2)sc1C. The second-order valence-corrected chi connectivity index (χ2v) is 7.48. The topological polar surface area (TPSA) is 40.5 Å². The standard InChI is InChI=1S/C16H23NO2S/c1-3-4-11-7-15(20-10(11)2)16(19)17-8-12-5-6-14(18)13(12)9-17/h7,12-14,18H,3-6,8-9H2,1-2H3. The highest BCUT2D eigenvalue weighted by Crippen LogP contribution is 2.39. The lowest BCUT2D eigenvalue weighted by Crippen LogP contribution is -2.30. The number of amides is 1. The zero-order chi connectivity index (χ0) is 14.3. The van der Waals surface area contributed by atoms with E-state index in [9.17, 15) is 9.90 Å². The third kappa shape index (κ3) is 2.40. The van der Waals surface area contributed by atoms with Crippen molar-refractivity contribution in [3.05, 3.63) is 21.4 Å². The Bertz CT molecular complexity index is 511. The molecule has 0 spiro atoms. The summed E-state index contributed by atoms with van der Waals surface area (Å²) in [7, 11) is 0. The average molecular weight is 293 g/mol. The van der Waals surface area contributed by atoms with Crippen LogP contribution in [0.25, 0.3) is 0 Å². The van der Waals surface area contributed by atoms with Crippen molar-refractivity contribution < 1.29 is 9.90 Å². The second kappa shape index (κ2) is 5.49. The third-order valence-electron chi connectivity index (χ3n) is 4.86. The van der Waals surface area contributed by atoms with Crippen LogP contribution in [0.2, 0.25) is 0 Å². The lowest BCUT2D eigenvalue weighted by atomic mass is 10.00. The van der Waals surface area contributed by atoms with Crippen LogP contribution in [0.5, 0.6) is 0 Å². The van der Waals surface area contributed by atoms with Crippen molar-refractivity contribution in [2.75, 3.05) is 13.1 Å². The molecule has 110 valence electrons. The largest absolute Gasteiger partial charge is 0.393 e. The van der Waals surface area contributed by atoms with Gasteiger partial charge in [0, 0.05) is 23.9 Å². The molecule has 2 fully saturated rings. The molecular formula is C16H23NO2S. The van der Waals surface area contributed by atoms with Crippen LogP contribution in [0.3, 0.4) is 0 Å². The number of aryl methyl sites for hydroxylation is 2. The number of fused-ring (bicyclic) bond motifs is 1. The Kier molecular flexibility index (Phi) is 3.87. The van der Waals surface area contributed by atoms with Gasteiger partial charge < -0.3 is 10.0 Å². The van der Waals surface area contributed by atoms with E-state index in [4.69, 9.17) is 0 Å². The van der Waals surface area contributed by atoms with Crippen molar-refractivity contribution in [1.82, 2.24) is 4.90 Å². The van der Waals surface area contributed by atoms with Gasteiger partial charge in [-0.15, -0.1) is 11.3 Å². The van der Waals surface area contributed by atoms with Gasteiger partial charge in [0.25, 0.3) is 5.91 Å². The minimum Gasteiger partial charge on any atom is -0.393 e. The lowest BCUT2D eigenvalue weighted by molar-refractivity contribution is 0.0757. The maximum atomic E-state index is 12.6. The normalized spacial score (nSPS) is 28.9. The van der Waals surface area contributed by atoms with Crippen LogP contribution in [0.15, 0.2) is 6.07 Å². The molecule has 2 heterocycles. The molecule has 4 heteroatoms. The van der Waals surface area contributed by atoms with Gasteiger partial charge in [-0.1, -0.05) is 13.3 Å². The number of hydrogen-bond donors (Lipinski definition) is 1. The molecule has 0 bridgehead atoms. The van der Waals surface area contributed by atoms with Gasteiger partial charge in [-0.25, -0.2) is 0 Å². The zero-order valence-electron chi connectivity index (χ0n) is 12.3. The molecule has 1 N–H and O–H groups in total. The maximum absolute atomic E-state index is 12.6. The monoisotopic (exact) mass is 293 g/mol. The van der Waals surface area contributed by atoms with E-state index in [0.29, 0.717) is 11.8 Å². The van der Waals surface area contributed by atoms with Crippen LogP contribution in [-0.4, -0.2) is 35.1 Å². The predicted octanol–water partition coefficient (Wildman–Crippen LogP) is 2.85. The molecule has 1 aromatic heterocycles. The Hall–Kier alpha value is -0.870. The molecular weight excluding hydrogens is 270 g/mol. The first-order chi connectivity index (χ1) is 9.60. The number of aliphatic hydroxyl groups excluding tert-OH is 1. The van der Waals surface area contributed by atoms with E-state index in [1.54, 1.807) is 11.3 Å². The lowest BCUT2D eigenvalue weighted by Gasteiger charge is -2.17. The summed E-state index contributed by atoms with van der Waals surface area (Å²) in [4.78, 5) is 16.7. The van der Waals surface area contributed by atoms with Gasteiger partial charge in [-0.3, -0.25) is 4.79 Å². The van der Waals surface area contributed by atoms with E-state index in [0.717, 1.165) is 43.6 Å². The zero-order valence-corrected chi connectivity index (χ0v) is 13.1. The van der Waals surface area contributed by atoms with E-state index < -0.39 is 0 Å². The summed E-state index contributed by atoms with van der Waals surface area (Å²) in [6, 6.07) is 2.08. The Balaban J connectivity index is 1.72. The number of nitrogens with zero attached hydrogens (tertiary/aromatic N) is 1. The molecule has 0 aromatic carbocycles. The Morgan fingerprint density at radius 3 is 2.95 bits per heavy atom. The first kappa shape index (κ1) is 14.1. The summed E-state index contributed by atoms with van der Waals surface area (Å²) in [5.74, 6) is 1.00. The summed E-state index contributed by atoms with van der Waals surface area (Å²) in [6.45, 7) is 5.85. The van der Waals surface area contributed by atoms with Crippen LogP contribution >= 0.6 is 11.3 Å². The molecule has 3 nitrogen and oxygen atoms in total. The fourth-order valence-electron chi connectivity index (χ4n) is 3.70. The van der Waals surface area contributed by atoms with E-state index in [2.05, 4.69) is 19.9 Å². The smallest absolute Gasteiger partial charge is 0.263 e. The average Bonchev–Trinajstić information content (AvgIpc) is 3.08. The molecule has 20 heavy (non-hydrogen) atoms. The second-order valence-electron chi connectivity index (χ2n) is 6.22. The minimum absolute atomic E-state index is 0.169. The molecule has 1 amide bonds. The van der Waals surface area contributed by atoms with E-state index in [1.165, 1.54) is 10.4 Å². The van der Waals surface area contributed by atoms with Gasteiger partial charge in [0.1, 0.15) is 0 Å². The van der Waals surface area contributed by atoms with Crippen LogP contribution in [-0.2, 0) is 6.42 Å². The molecule has 1 aliphatic carbocycles. The summed E-state index contributed by atoms with van der Waals surface area (Å²) in [5, 5.41) is 9.95. The van der Waals surface area contributed by atoms with Gasteiger partial charge in [0.15, 0.2) is 0 Å². The number of aliphatic hydroxyl groups is 1. The first-order valence-corrected chi connectivity index (χ1v) is 8.48. The van der Waals surface area contributed by atoms with E-state index >= 15 is 0 Å². The molecule has 1 saturated heterocycles. The molecule has 3 atom stereocenters. The summed E-state index contributed by atoms with van der Waals surface area (Å²) >= 11 is 1.62. The number of carbonyl (C=O) groups excluding carboxylic acids is 1. The fourth-order valence-corrected chi connectivity index (χ4v) is 4.74. The van der Waals surface area contributed by atoms with Crippen molar-refractivity contribution >= 4 is 17.2 Å². The van der Waals surface area contributed by atoms with Gasteiger partial charge in [-0.05, 0) is 43.7 Å². The molecule has 1 aromatic rings. The number of thiophene rings is 1. The van der Waals surface area contributed by atoms with Gasteiger partial charge >= 0.3 is 0 Å². The van der Waals surface area contributed by atoms with E-state index in [-0.39, 0.29) is 12.0 Å². The fraction of sp³-hybridized carbons (Fsp3) is 0.688. The van der Waals surface area contributed by atoms with E-state index in [1.807, 2.05) is 4.90 Å². The molecule has 1 aliphatic heterocycles.